The number of unbranched alkanes of at least 4 members (excludes halogenated alkanes) is 42. The molecule has 6 nitrogen and oxygen atoms in total. The Morgan fingerprint density at radius 2 is 0.479 bits per heavy atom. The van der Waals surface area contributed by atoms with E-state index >= 15 is 0 Å². The fourth-order valence-electron chi connectivity index (χ4n) is 10.4. The van der Waals surface area contributed by atoms with Crippen molar-refractivity contribution < 1.29 is 28.6 Å². The van der Waals surface area contributed by atoms with Crippen LogP contribution in [0.1, 0.15) is 375 Å². The number of rotatable bonds is 60. The van der Waals surface area contributed by atoms with Crippen molar-refractivity contribution in [2.45, 2.75) is 382 Å². The predicted molar refractivity (Wildman–Crippen MR) is 316 cm³/mol. The molecule has 0 aromatic carbocycles. The zero-order valence-electron chi connectivity index (χ0n) is 50.4. The molecule has 0 radical (unpaired) electrons. The monoisotopic (exact) mass is 1030 g/mol. The number of hydrogen-bond acceptors (Lipinski definition) is 6. The summed E-state index contributed by atoms with van der Waals surface area (Å²) in [5.74, 6) is 1.76. The van der Waals surface area contributed by atoms with Crippen molar-refractivity contribution in [2.24, 2.45) is 17.8 Å². The van der Waals surface area contributed by atoms with Crippen LogP contribution in [0.2, 0.25) is 0 Å². The van der Waals surface area contributed by atoms with Crippen LogP contribution in [0.25, 0.3) is 0 Å². The maximum atomic E-state index is 12.9. The average Bonchev–Trinajstić information content (AvgIpc) is 3.37. The SMILES string of the molecule is CCC(C)CCCCCCCCCCCCCCCCCCCCC(=O)OC[C@H](COC(=O)CCCCCCCCCCCCCCCCC(C)C)OC(=O)CCCCCCCCCCCCCCCC(C)C. The molecule has 0 aromatic rings. The highest BCUT2D eigenvalue weighted by Gasteiger charge is 2.20. The largest absolute Gasteiger partial charge is 0.462 e. The molecule has 0 amide bonds. The Morgan fingerprint density at radius 1 is 0.274 bits per heavy atom. The average molecular weight is 1030 g/mol. The van der Waals surface area contributed by atoms with Crippen LogP contribution in [0.5, 0.6) is 0 Å². The Morgan fingerprint density at radius 3 is 0.712 bits per heavy atom. The van der Waals surface area contributed by atoms with Gasteiger partial charge < -0.3 is 14.2 Å². The molecule has 6 heteroatoms. The molecule has 0 aromatic heterocycles. The van der Waals surface area contributed by atoms with Gasteiger partial charge in [0.15, 0.2) is 6.10 Å². The van der Waals surface area contributed by atoms with Crippen molar-refractivity contribution in [3.8, 4) is 0 Å². The van der Waals surface area contributed by atoms with E-state index in [1.165, 1.54) is 257 Å². The number of carbonyl (C=O) groups is 3. The second kappa shape index (κ2) is 58.1. The second-order valence-corrected chi connectivity index (χ2v) is 24.3. The van der Waals surface area contributed by atoms with E-state index in [0.29, 0.717) is 19.3 Å². The Hall–Kier alpha value is -1.59. The Labute approximate surface area is 457 Å². The van der Waals surface area contributed by atoms with Gasteiger partial charge in [-0.05, 0) is 37.0 Å². The molecule has 0 bridgehead atoms. The van der Waals surface area contributed by atoms with Crippen molar-refractivity contribution >= 4 is 17.9 Å². The molecule has 0 saturated carbocycles. The van der Waals surface area contributed by atoms with Crippen molar-refractivity contribution in [1.29, 1.82) is 0 Å². The quantitative estimate of drug-likeness (QED) is 0.0343. The van der Waals surface area contributed by atoms with Gasteiger partial charge in [0.2, 0.25) is 0 Å². The minimum atomic E-state index is -0.765. The van der Waals surface area contributed by atoms with Crippen LogP contribution < -0.4 is 0 Å². The standard InChI is InChI=1S/C67H130O6/c1-7-63(6)55-49-43-37-31-25-19-12-10-8-9-11-13-20-26-32-38-44-50-56-65(68)71-59-64(73-67(70)58-52-46-40-34-28-22-16-18-24-30-36-42-48-54-62(4)5)60-72-66(69)57-51-45-39-33-27-21-15-14-17-23-29-35-41-47-53-61(2)3/h61-64H,7-60H2,1-6H3/t63?,64-/m1/s1. The molecule has 0 saturated heterocycles. The summed E-state index contributed by atoms with van der Waals surface area (Å²) in [6, 6.07) is 0. The van der Waals surface area contributed by atoms with E-state index in [2.05, 4.69) is 41.5 Å². The lowest BCUT2D eigenvalue weighted by Gasteiger charge is -2.18. The smallest absolute Gasteiger partial charge is 0.306 e. The summed E-state index contributed by atoms with van der Waals surface area (Å²) in [5, 5.41) is 0. The molecule has 434 valence electrons. The third kappa shape index (κ3) is 59.5. The van der Waals surface area contributed by atoms with E-state index in [9.17, 15) is 14.4 Å². The van der Waals surface area contributed by atoms with Gasteiger partial charge in [-0.25, -0.2) is 0 Å². The molecule has 0 rings (SSSR count). The normalized spacial score (nSPS) is 12.5. The van der Waals surface area contributed by atoms with Crippen molar-refractivity contribution in [2.75, 3.05) is 13.2 Å². The Kier molecular flexibility index (Phi) is 56.8. The van der Waals surface area contributed by atoms with E-state index in [4.69, 9.17) is 14.2 Å². The van der Waals surface area contributed by atoms with E-state index in [-0.39, 0.29) is 31.1 Å². The zero-order valence-corrected chi connectivity index (χ0v) is 50.4. The van der Waals surface area contributed by atoms with Crippen LogP contribution in [0.15, 0.2) is 0 Å². The van der Waals surface area contributed by atoms with Crippen molar-refractivity contribution in [1.82, 2.24) is 0 Å². The maximum absolute atomic E-state index is 12.9. The van der Waals surface area contributed by atoms with Crippen molar-refractivity contribution in [3.63, 3.8) is 0 Å². The minimum Gasteiger partial charge on any atom is -0.462 e. The highest BCUT2D eigenvalue weighted by atomic mass is 16.6. The van der Waals surface area contributed by atoms with Gasteiger partial charge in [-0.3, -0.25) is 14.4 Å². The van der Waals surface area contributed by atoms with Gasteiger partial charge in [0.05, 0.1) is 0 Å². The van der Waals surface area contributed by atoms with Crippen LogP contribution in [-0.2, 0) is 28.6 Å². The summed E-state index contributed by atoms with van der Waals surface area (Å²) in [6.45, 7) is 13.9. The van der Waals surface area contributed by atoms with E-state index in [1.54, 1.807) is 0 Å². The van der Waals surface area contributed by atoms with E-state index in [1.807, 2.05) is 0 Å². The molecule has 0 N–H and O–H groups in total. The topological polar surface area (TPSA) is 78.9 Å². The van der Waals surface area contributed by atoms with Gasteiger partial charge in [0, 0.05) is 19.3 Å². The van der Waals surface area contributed by atoms with Gasteiger partial charge in [-0.15, -0.1) is 0 Å². The van der Waals surface area contributed by atoms with Crippen LogP contribution in [0.3, 0.4) is 0 Å². The minimum absolute atomic E-state index is 0.0623. The molecular weight excluding hydrogens is 901 g/mol. The fraction of sp³-hybridized carbons (Fsp3) is 0.955. The highest BCUT2D eigenvalue weighted by Crippen LogP contribution is 2.20. The number of carbonyl (C=O) groups excluding carboxylic acids is 3. The molecule has 0 aliphatic rings. The molecule has 0 heterocycles. The van der Waals surface area contributed by atoms with Gasteiger partial charge in [-0.2, -0.15) is 0 Å². The predicted octanol–water partition coefficient (Wildman–Crippen LogP) is 22.2. The Balaban J connectivity index is 4.26. The van der Waals surface area contributed by atoms with E-state index < -0.39 is 6.10 Å². The summed E-state index contributed by atoms with van der Waals surface area (Å²) in [6.07, 6.45) is 63.9. The fourth-order valence-corrected chi connectivity index (χ4v) is 10.4. The third-order valence-corrected chi connectivity index (χ3v) is 15.8. The molecule has 0 aliphatic carbocycles. The summed E-state index contributed by atoms with van der Waals surface area (Å²) in [4.78, 5) is 38.4. The lowest BCUT2D eigenvalue weighted by atomic mass is 9.99. The first-order valence-corrected chi connectivity index (χ1v) is 33.1. The number of esters is 3. The Bertz CT molecular complexity index is 1130. The summed E-state index contributed by atoms with van der Waals surface area (Å²) in [5.41, 5.74) is 0. The van der Waals surface area contributed by atoms with Crippen molar-refractivity contribution in [3.05, 3.63) is 0 Å². The van der Waals surface area contributed by atoms with Crippen LogP contribution in [-0.4, -0.2) is 37.2 Å². The maximum Gasteiger partial charge on any atom is 0.306 e. The molecule has 2 atom stereocenters. The zero-order chi connectivity index (χ0) is 53.3. The van der Waals surface area contributed by atoms with Crippen LogP contribution >= 0.6 is 0 Å². The molecular formula is C67H130O6. The second-order valence-electron chi connectivity index (χ2n) is 24.3. The molecule has 0 spiro atoms. The summed E-state index contributed by atoms with van der Waals surface area (Å²) in [7, 11) is 0. The van der Waals surface area contributed by atoms with Gasteiger partial charge in [0.1, 0.15) is 13.2 Å². The number of hydrogen-bond donors (Lipinski definition) is 0. The van der Waals surface area contributed by atoms with Crippen LogP contribution in [0, 0.1) is 17.8 Å². The van der Waals surface area contributed by atoms with Crippen LogP contribution in [0.4, 0.5) is 0 Å². The molecule has 1 unspecified atom stereocenters. The summed E-state index contributed by atoms with van der Waals surface area (Å²) < 4.78 is 17.0. The first-order chi connectivity index (χ1) is 35.6. The third-order valence-electron chi connectivity index (χ3n) is 15.8. The lowest BCUT2D eigenvalue weighted by Crippen LogP contribution is -2.30. The number of ether oxygens (including phenoxy) is 3. The molecule has 0 aliphatic heterocycles. The molecule has 73 heavy (non-hydrogen) atoms. The summed E-state index contributed by atoms with van der Waals surface area (Å²) >= 11 is 0. The first-order valence-electron chi connectivity index (χ1n) is 33.1. The lowest BCUT2D eigenvalue weighted by molar-refractivity contribution is -0.167. The van der Waals surface area contributed by atoms with Gasteiger partial charge in [-0.1, -0.05) is 337 Å². The van der Waals surface area contributed by atoms with Gasteiger partial charge in [0.25, 0.3) is 0 Å². The first kappa shape index (κ1) is 71.4. The van der Waals surface area contributed by atoms with E-state index in [0.717, 1.165) is 75.5 Å². The highest BCUT2D eigenvalue weighted by molar-refractivity contribution is 5.71. The van der Waals surface area contributed by atoms with Gasteiger partial charge >= 0.3 is 17.9 Å². The molecule has 0 fully saturated rings.